The molecule has 1 aromatic rings. The third-order valence-electron chi connectivity index (χ3n) is 4.30. The van der Waals surface area contributed by atoms with Crippen LogP contribution < -0.4 is 0 Å². The van der Waals surface area contributed by atoms with Gasteiger partial charge in [-0.25, -0.2) is 0 Å². The maximum Gasteiger partial charge on any atom is 0.276 e. The Morgan fingerprint density at radius 3 is 3.22 bits per heavy atom. The zero-order valence-electron chi connectivity index (χ0n) is 13.6. The van der Waals surface area contributed by atoms with Crippen molar-refractivity contribution in [2.45, 2.75) is 44.4 Å². The predicted octanol–water partition coefficient (Wildman–Crippen LogP) is 1.26. The average molecular weight is 320 g/mol. The van der Waals surface area contributed by atoms with Crippen molar-refractivity contribution in [1.29, 1.82) is 0 Å². The molecule has 3 rings (SSSR count). The van der Waals surface area contributed by atoms with Gasteiger partial charge in [0.15, 0.2) is 5.69 Å². The van der Waals surface area contributed by atoms with E-state index in [1.807, 2.05) is 17.9 Å². The summed E-state index contributed by atoms with van der Waals surface area (Å²) < 4.78 is 13.4. The van der Waals surface area contributed by atoms with Crippen molar-refractivity contribution in [3.05, 3.63) is 24.5 Å². The Kier molecular flexibility index (Phi) is 4.77. The molecule has 0 radical (unpaired) electrons. The number of rotatable bonds is 4. The molecule has 2 saturated heterocycles. The number of amides is 1. The molecule has 0 aliphatic carbocycles. The van der Waals surface area contributed by atoms with Gasteiger partial charge >= 0.3 is 0 Å². The van der Waals surface area contributed by atoms with E-state index in [1.165, 1.54) is 0 Å². The van der Waals surface area contributed by atoms with Crippen molar-refractivity contribution in [2.75, 3.05) is 26.3 Å². The van der Waals surface area contributed by atoms with Gasteiger partial charge in [0.2, 0.25) is 0 Å². The van der Waals surface area contributed by atoms with Crippen LogP contribution in [0, 0.1) is 0 Å². The number of aromatic nitrogens is 3. The Bertz CT molecular complexity index is 565. The van der Waals surface area contributed by atoms with Crippen LogP contribution in [-0.4, -0.2) is 63.8 Å². The second-order valence-electron chi connectivity index (χ2n) is 6.40. The molecule has 2 aliphatic heterocycles. The second kappa shape index (κ2) is 6.80. The standard InChI is InChI=1S/C16H24N4O3/c1-3-4-7-20-10-14(17-18-20)15(21)19-9-13(2)23-16(11-19)6-5-8-22-12-16/h3,10,13H,1,4-9,11-12H2,2H3. The zero-order chi connectivity index (χ0) is 16.3. The lowest BCUT2D eigenvalue weighted by atomic mass is 9.93. The van der Waals surface area contributed by atoms with E-state index in [0.717, 1.165) is 25.9 Å². The summed E-state index contributed by atoms with van der Waals surface area (Å²) in [6.45, 7) is 8.80. The highest BCUT2D eigenvalue weighted by Crippen LogP contribution is 2.30. The van der Waals surface area contributed by atoms with Crippen molar-refractivity contribution in [2.24, 2.45) is 0 Å². The first kappa shape index (κ1) is 16.1. The number of morpholine rings is 1. The van der Waals surface area contributed by atoms with Gasteiger partial charge < -0.3 is 14.4 Å². The van der Waals surface area contributed by atoms with E-state index in [0.29, 0.717) is 31.9 Å². The van der Waals surface area contributed by atoms with E-state index < -0.39 is 0 Å². The minimum absolute atomic E-state index is 0.00906. The van der Waals surface area contributed by atoms with Crippen LogP contribution in [0.2, 0.25) is 0 Å². The fraction of sp³-hybridized carbons (Fsp3) is 0.688. The summed E-state index contributed by atoms with van der Waals surface area (Å²) >= 11 is 0. The first-order chi connectivity index (χ1) is 11.1. The van der Waals surface area contributed by atoms with Crippen LogP contribution in [0.1, 0.15) is 36.7 Å². The van der Waals surface area contributed by atoms with Gasteiger partial charge in [-0.05, 0) is 26.2 Å². The van der Waals surface area contributed by atoms with E-state index in [2.05, 4.69) is 16.9 Å². The molecular weight excluding hydrogens is 296 g/mol. The van der Waals surface area contributed by atoms with Crippen molar-refractivity contribution in [3.8, 4) is 0 Å². The third-order valence-corrected chi connectivity index (χ3v) is 4.30. The van der Waals surface area contributed by atoms with Gasteiger partial charge in [-0.3, -0.25) is 9.48 Å². The number of nitrogens with zero attached hydrogens (tertiary/aromatic N) is 4. The van der Waals surface area contributed by atoms with Crippen molar-refractivity contribution < 1.29 is 14.3 Å². The van der Waals surface area contributed by atoms with Gasteiger partial charge in [0.1, 0.15) is 5.60 Å². The van der Waals surface area contributed by atoms with Crippen LogP contribution in [0.15, 0.2) is 18.9 Å². The van der Waals surface area contributed by atoms with E-state index in [-0.39, 0.29) is 17.6 Å². The summed E-state index contributed by atoms with van der Waals surface area (Å²) in [5.41, 5.74) is 0.0137. The Morgan fingerprint density at radius 1 is 1.61 bits per heavy atom. The van der Waals surface area contributed by atoms with Gasteiger partial charge in [-0.15, -0.1) is 11.7 Å². The molecule has 0 bridgehead atoms. The normalized spacial score (nSPS) is 28.0. The third kappa shape index (κ3) is 3.61. The molecule has 1 spiro atoms. The number of hydrogen-bond acceptors (Lipinski definition) is 5. The Balaban J connectivity index is 1.70. The van der Waals surface area contributed by atoms with Gasteiger partial charge in [0.05, 0.1) is 25.5 Å². The van der Waals surface area contributed by atoms with Gasteiger partial charge in [0, 0.05) is 19.7 Å². The second-order valence-corrected chi connectivity index (χ2v) is 6.40. The Hall–Kier alpha value is -1.73. The topological polar surface area (TPSA) is 69.5 Å². The average Bonchev–Trinajstić information content (AvgIpc) is 3.01. The highest BCUT2D eigenvalue weighted by atomic mass is 16.6. The number of carbonyl (C=O) groups excluding carboxylic acids is 1. The molecule has 7 heteroatoms. The molecule has 0 saturated carbocycles. The monoisotopic (exact) mass is 320 g/mol. The number of allylic oxidation sites excluding steroid dienone is 1. The quantitative estimate of drug-likeness (QED) is 0.781. The SMILES string of the molecule is C=CCCn1cc(C(=O)N2CC(C)OC3(CCCOC3)C2)nn1. The van der Waals surface area contributed by atoms with E-state index in [9.17, 15) is 4.79 Å². The van der Waals surface area contributed by atoms with Crippen LogP contribution in [0.3, 0.4) is 0 Å². The number of carbonyl (C=O) groups is 1. The molecule has 23 heavy (non-hydrogen) atoms. The Labute approximate surface area is 136 Å². The lowest BCUT2D eigenvalue weighted by Gasteiger charge is -2.47. The van der Waals surface area contributed by atoms with E-state index in [1.54, 1.807) is 10.9 Å². The molecular formula is C16H24N4O3. The lowest BCUT2D eigenvalue weighted by molar-refractivity contribution is -0.188. The molecule has 2 unspecified atom stereocenters. The van der Waals surface area contributed by atoms with E-state index in [4.69, 9.17) is 9.47 Å². The first-order valence-corrected chi connectivity index (χ1v) is 8.18. The fourth-order valence-electron chi connectivity index (χ4n) is 3.31. The molecule has 1 amide bonds. The number of hydrogen-bond donors (Lipinski definition) is 0. The summed E-state index contributed by atoms with van der Waals surface area (Å²) in [5.74, 6) is -0.0880. The van der Waals surface area contributed by atoms with Gasteiger partial charge in [0.25, 0.3) is 5.91 Å². The van der Waals surface area contributed by atoms with Gasteiger partial charge in [-0.2, -0.15) is 0 Å². The predicted molar refractivity (Wildman–Crippen MR) is 84.1 cm³/mol. The molecule has 3 heterocycles. The molecule has 0 N–H and O–H groups in total. The van der Waals surface area contributed by atoms with Crippen LogP contribution in [0.4, 0.5) is 0 Å². The molecule has 0 aromatic carbocycles. The molecule has 7 nitrogen and oxygen atoms in total. The summed E-state index contributed by atoms with van der Waals surface area (Å²) in [6.07, 6.45) is 6.20. The van der Waals surface area contributed by atoms with E-state index >= 15 is 0 Å². The lowest BCUT2D eigenvalue weighted by Crippen LogP contribution is -2.59. The van der Waals surface area contributed by atoms with Gasteiger partial charge in [-0.1, -0.05) is 11.3 Å². The summed E-state index contributed by atoms with van der Waals surface area (Å²) in [6, 6.07) is 0. The maximum atomic E-state index is 12.8. The number of aryl methyl sites for hydroxylation is 1. The van der Waals surface area contributed by atoms with Crippen LogP contribution in [-0.2, 0) is 16.0 Å². The maximum absolute atomic E-state index is 12.8. The minimum Gasteiger partial charge on any atom is -0.378 e. The molecule has 2 aliphatic rings. The Morgan fingerprint density at radius 2 is 2.48 bits per heavy atom. The summed E-state index contributed by atoms with van der Waals surface area (Å²) in [4.78, 5) is 14.6. The number of ether oxygens (including phenoxy) is 2. The van der Waals surface area contributed by atoms with Crippen LogP contribution >= 0.6 is 0 Å². The summed E-state index contributed by atoms with van der Waals surface area (Å²) in [5, 5.41) is 8.03. The largest absolute Gasteiger partial charge is 0.378 e. The minimum atomic E-state index is -0.371. The zero-order valence-corrected chi connectivity index (χ0v) is 13.6. The molecule has 2 atom stereocenters. The summed E-state index contributed by atoms with van der Waals surface area (Å²) in [7, 11) is 0. The molecule has 1 aromatic heterocycles. The van der Waals surface area contributed by atoms with Crippen molar-refractivity contribution >= 4 is 5.91 Å². The fourth-order valence-corrected chi connectivity index (χ4v) is 3.31. The molecule has 126 valence electrons. The smallest absolute Gasteiger partial charge is 0.276 e. The van der Waals surface area contributed by atoms with Crippen molar-refractivity contribution in [3.63, 3.8) is 0 Å². The highest BCUT2D eigenvalue weighted by molar-refractivity contribution is 5.92. The van der Waals surface area contributed by atoms with Crippen LogP contribution in [0.25, 0.3) is 0 Å². The highest BCUT2D eigenvalue weighted by Gasteiger charge is 2.43. The van der Waals surface area contributed by atoms with Crippen molar-refractivity contribution in [1.82, 2.24) is 19.9 Å². The molecule has 2 fully saturated rings. The van der Waals surface area contributed by atoms with Crippen LogP contribution in [0.5, 0.6) is 0 Å². The first-order valence-electron chi connectivity index (χ1n) is 8.18.